The largest absolute Gasteiger partial charge is 0.481 e. The molecule has 0 fully saturated rings. The topological polar surface area (TPSA) is 102 Å². The molecule has 0 aliphatic rings. The predicted octanol–water partition coefficient (Wildman–Crippen LogP) is 1.90. The molecule has 0 saturated carbocycles. The molecule has 0 heterocycles. The molecule has 1 aromatic rings. The molecule has 0 saturated heterocycles. The first-order valence-electron chi connectivity index (χ1n) is 7.26. The lowest BCUT2D eigenvalue weighted by Gasteiger charge is -2.09. The Kier molecular flexibility index (Phi) is 7.48. The summed E-state index contributed by atoms with van der Waals surface area (Å²) in [6.45, 7) is 2.20. The number of aliphatic carboxylic acids is 1. The monoisotopic (exact) mass is 303 g/mol. The number of benzene rings is 1. The molecule has 22 heavy (non-hydrogen) atoms. The Balaban J connectivity index is 2.10. The highest BCUT2D eigenvalue weighted by Gasteiger charge is 2.11. The van der Waals surface area contributed by atoms with Gasteiger partial charge in [-0.2, -0.15) is 5.26 Å². The molecule has 6 nitrogen and oxygen atoms in total. The van der Waals surface area contributed by atoms with Crippen molar-refractivity contribution in [1.82, 2.24) is 10.6 Å². The first kappa shape index (κ1) is 17.5. The van der Waals surface area contributed by atoms with Gasteiger partial charge in [-0.05, 0) is 37.0 Å². The van der Waals surface area contributed by atoms with Crippen molar-refractivity contribution in [3.8, 4) is 6.07 Å². The molecule has 1 rings (SSSR count). The van der Waals surface area contributed by atoms with Gasteiger partial charge in [0.2, 0.25) is 0 Å². The van der Waals surface area contributed by atoms with Crippen molar-refractivity contribution in [2.24, 2.45) is 5.92 Å². The summed E-state index contributed by atoms with van der Waals surface area (Å²) in [6.07, 6.45) is 2.66. The smallest absolute Gasteiger partial charge is 0.314 e. The van der Waals surface area contributed by atoms with E-state index in [1.165, 1.54) is 5.56 Å². The maximum absolute atomic E-state index is 11.4. The van der Waals surface area contributed by atoms with Crippen LogP contribution in [0.15, 0.2) is 24.3 Å². The molecule has 1 atom stereocenters. The number of nitrogens with one attached hydrogen (secondary N) is 2. The van der Waals surface area contributed by atoms with E-state index in [0.717, 1.165) is 19.3 Å². The molecule has 1 aromatic carbocycles. The van der Waals surface area contributed by atoms with Gasteiger partial charge < -0.3 is 15.7 Å². The van der Waals surface area contributed by atoms with Crippen LogP contribution >= 0.6 is 0 Å². The second-order valence-electron chi connectivity index (χ2n) is 5.14. The van der Waals surface area contributed by atoms with E-state index < -0.39 is 11.9 Å². The van der Waals surface area contributed by atoms with Crippen LogP contribution in [0.2, 0.25) is 0 Å². The predicted molar refractivity (Wildman–Crippen MR) is 82.3 cm³/mol. The number of unbranched alkanes of at least 4 members (excludes halogenated alkanes) is 1. The molecule has 118 valence electrons. The van der Waals surface area contributed by atoms with E-state index in [4.69, 9.17) is 10.4 Å². The van der Waals surface area contributed by atoms with Crippen molar-refractivity contribution < 1.29 is 14.7 Å². The molecule has 0 bridgehead atoms. The molecule has 6 heteroatoms. The van der Waals surface area contributed by atoms with Gasteiger partial charge in [0.15, 0.2) is 0 Å². The van der Waals surface area contributed by atoms with E-state index in [1.807, 2.05) is 12.1 Å². The van der Waals surface area contributed by atoms with Gasteiger partial charge in [-0.15, -0.1) is 0 Å². The Labute approximate surface area is 130 Å². The van der Waals surface area contributed by atoms with Gasteiger partial charge in [0.1, 0.15) is 0 Å². The molecular formula is C16H21N3O3. The Hall–Kier alpha value is -2.55. The first-order chi connectivity index (χ1) is 10.5. The van der Waals surface area contributed by atoms with Gasteiger partial charge in [-0.1, -0.05) is 19.1 Å². The van der Waals surface area contributed by atoms with Gasteiger partial charge in [0, 0.05) is 13.1 Å². The van der Waals surface area contributed by atoms with E-state index in [9.17, 15) is 9.59 Å². The summed E-state index contributed by atoms with van der Waals surface area (Å²) in [7, 11) is 0. The standard InChI is InChI=1S/C16H21N3O3/c1-12(15(20)21)11-19-16(22)18-9-3-2-4-13-5-7-14(10-17)8-6-13/h5-8,12H,2-4,9,11H2,1H3,(H,20,21)(H2,18,19,22). The quantitative estimate of drug-likeness (QED) is 0.638. The van der Waals surface area contributed by atoms with Crippen LogP contribution < -0.4 is 10.6 Å². The zero-order valence-electron chi connectivity index (χ0n) is 12.6. The molecule has 0 aliphatic carbocycles. The average molecular weight is 303 g/mol. The summed E-state index contributed by atoms with van der Waals surface area (Å²) in [6, 6.07) is 9.20. The lowest BCUT2D eigenvalue weighted by Crippen LogP contribution is -2.39. The summed E-state index contributed by atoms with van der Waals surface area (Å²) in [5, 5.41) is 22.6. The fraction of sp³-hybridized carbons (Fsp3) is 0.438. The summed E-state index contributed by atoms with van der Waals surface area (Å²) in [5.41, 5.74) is 1.82. The number of amides is 2. The third kappa shape index (κ3) is 6.75. The zero-order chi connectivity index (χ0) is 16.4. The van der Waals surface area contributed by atoms with Crippen LogP contribution in [0.1, 0.15) is 30.9 Å². The normalized spacial score (nSPS) is 11.3. The molecule has 0 aromatic heterocycles. The Morgan fingerprint density at radius 2 is 1.91 bits per heavy atom. The molecule has 1 unspecified atom stereocenters. The SMILES string of the molecule is CC(CNC(=O)NCCCCc1ccc(C#N)cc1)C(=O)O. The number of aryl methyl sites for hydroxylation is 1. The molecule has 3 N–H and O–H groups in total. The highest BCUT2D eigenvalue weighted by Crippen LogP contribution is 2.06. The van der Waals surface area contributed by atoms with Gasteiger partial charge >= 0.3 is 12.0 Å². The molecule has 0 aliphatic heterocycles. The van der Waals surface area contributed by atoms with Crippen molar-refractivity contribution in [2.45, 2.75) is 26.2 Å². The number of carboxylic acids is 1. The van der Waals surface area contributed by atoms with E-state index in [-0.39, 0.29) is 12.6 Å². The first-order valence-corrected chi connectivity index (χ1v) is 7.26. The number of hydrogen-bond acceptors (Lipinski definition) is 3. The van der Waals surface area contributed by atoms with Crippen molar-refractivity contribution >= 4 is 12.0 Å². The van der Waals surface area contributed by atoms with Crippen LogP contribution in [0.4, 0.5) is 4.79 Å². The van der Waals surface area contributed by atoms with E-state index in [0.29, 0.717) is 12.1 Å². The second-order valence-corrected chi connectivity index (χ2v) is 5.14. The average Bonchev–Trinajstić information content (AvgIpc) is 2.52. The summed E-state index contributed by atoms with van der Waals surface area (Å²) < 4.78 is 0. The molecule has 2 amide bonds. The molecular weight excluding hydrogens is 282 g/mol. The van der Waals surface area contributed by atoms with Crippen molar-refractivity contribution in [3.63, 3.8) is 0 Å². The number of rotatable bonds is 8. The van der Waals surface area contributed by atoms with Crippen LogP contribution in [-0.4, -0.2) is 30.2 Å². The number of nitriles is 1. The number of carbonyl (C=O) groups is 2. The summed E-state index contributed by atoms with van der Waals surface area (Å²) >= 11 is 0. The molecule has 0 radical (unpaired) electrons. The minimum absolute atomic E-state index is 0.117. The van der Waals surface area contributed by atoms with Gasteiger partial charge in [0.25, 0.3) is 0 Å². The number of nitrogens with zero attached hydrogens (tertiary/aromatic N) is 1. The van der Waals surface area contributed by atoms with Gasteiger partial charge in [-0.25, -0.2) is 4.79 Å². The Bertz CT molecular complexity index is 535. The fourth-order valence-corrected chi connectivity index (χ4v) is 1.80. The van der Waals surface area contributed by atoms with Crippen LogP contribution in [-0.2, 0) is 11.2 Å². The number of carboxylic acid groups (broad SMARTS) is 1. The minimum atomic E-state index is -0.928. The highest BCUT2D eigenvalue weighted by molar-refractivity contribution is 5.75. The van der Waals surface area contributed by atoms with Crippen molar-refractivity contribution in [1.29, 1.82) is 5.26 Å². The van der Waals surface area contributed by atoms with Crippen molar-refractivity contribution in [3.05, 3.63) is 35.4 Å². The summed E-state index contributed by atoms with van der Waals surface area (Å²) in [4.78, 5) is 22.0. The van der Waals surface area contributed by atoms with Crippen LogP contribution in [0, 0.1) is 17.2 Å². The van der Waals surface area contributed by atoms with E-state index in [1.54, 1.807) is 19.1 Å². The minimum Gasteiger partial charge on any atom is -0.481 e. The maximum Gasteiger partial charge on any atom is 0.314 e. The number of carbonyl (C=O) groups excluding carboxylic acids is 1. The molecule has 0 spiro atoms. The highest BCUT2D eigenvalue weighted by atomic mass is 16.4. The van der Waals surface area contributed by atoms with Crippen molar-refractivity contribution in [2.75, 3.05) is 13.1 Å². The van der Waals surface area contributed by atoms with E-state index in [2.05, 4.69) is 16.7 Å². The lowest BCUT2D eigenvalue weighted by molar-refractivity contribution is -0.140. The Morgan fingerprint density at radius 1 is 1.23 bits per heavy atom. The second kappa shape index (κ2) is 9.40. The van der Waals surface area contributed by atoms with E-state index >= 15 is 0 Å². The lowest BCUT2D eigenvalue weighted by atomic mass is 10.1. The van der Waals surface area contributed by atoms with Gasteiger partial charge in [-0.3, -0.25) is 4.79 Å². The fourth-order valence-electron chi connectivity index (χ4n) is 1.80. The van der Waals surface area contributed by atoms with Crippen LogP contribution in [0.25, 0.3) is 0 Å². The summed E-state index contributed by atoms with van der Waals surface area (Å²) in [5.74, 6) is -1.52. The van der Waals surface area contributed by atoms with Gasteiger partial charge in [0.05, 0.1) is 17.6 Å². The number of hydrogen-bond donors (Lipinski definition) is 3. The number of urea groups is 1. The third-order valence-corrected chi connectivity index (χ3v) is 3.25. The van der Waals surface area contributed by atoms with Crippen LogP contribution in [0.3, 0.4) is 0 Å². The maximum atomic E-state index is 11.4. The third-order valence-electron chi connectivity index (χ3n) is 3.25. The Morgan fingerprint density at radius 3 is 2.50 bits per heavy atom. The van der Waals surface area contributed by atoms with Crippen LogP contribution in [0.5, 0.6) is 0 Å². The zero-order valence-corrected chi connectivity index (χ0v) is 12.6.